The molecule has 0 radical (unpaired) electrons. The Morgan fingerprint density at radius 1 is 1.04 bits per heavy atom. The second-order valence-corrected chi connectivity index (χ2v) is 9.29. The monoisotopic (exact) mass is 389 g/mol. The molecular formula is C20H27N3O3S. The van der Waals surface area contributed by atoms with Gasteiger partial charge in [0, 0.05) is 17.1 Å². The number of hydrogen-bond acceptors (Lipinski definition) is 4. The molecule has 0 bridgehead atoms. The molecule has 3 aliphatic rings. The number of rotatable bonds is 4. The molecule has 0 spiro atoms. The van der Waals surface area contributed by atoms with Crippen LogP contribution in [0.4, 0.5) is 10.5 Å². The van der Waals surface area contributed by atoms with Crippen LogP contribution in [-0.2, 0) is 35.7 Å². The summed E-state index contributed by atoms with van der Waals surface area (Å²) in [5.41, 5.74) is 5.83. The number of urea groups is 1. The molecule has 2 amide bonds. The summed E-state index contributed by atoms with van der Waals surface area (Å²) in [6, 6.07) is 1.66. The number of nitrogens with one attached hydrogen (secondary N) is 3. The first kappa shape index (κ1) is 18.5. The van der Waals surface area contributed by atoms with Crippen molar-refractivity contribution in [2.24, 2.45) is 0 Å². The Morgan fingerprint density at radius 2 is 1.74 bits per heavy atom. The molecule has 1 atom stereocenters. The summed E-state index contributed by atoms with van der Waals surface area (Å²) in [5.74, 6) is 0. The van der Waals surface area contributed by atoms with Gasteiger partial charge in [0.25, 0.3) is 10.0 Å². The minimum atomic E-state index is -3.81. The molecule has 6 nitrogen and oxygen atoms in total. The lowest BCUT2D eigenvalue weighted by molar-refractivity contribution is 0.256. The molecule has 1 heterocycles. The van der Waals surface area contributed by atoms with Crippen LogP contribution in [0.1, 0.15) is 54.4 Å². The molecule has 146 valence electrons. The quantitative estimate of drug-likeness (QED) is 0.739. The smallest absolute Gasteiger partial charge is 0.310 e. The van der Waals surface area contributed by atoms with E-state index in [4.69, 9.17) is 0 Å². The molecule has 1 saturated heterocycles. The van der Waals surface area contributed by atoms with E-state index in [-0.39, 0.29) is 6.04 Å². The number of fused-ring (bicyclic) bond motifs is 2. The van der Waals surface area contributed by atoms with Crippen molar-refractivity contribution >= 4 is 21.7 Å². The Balaban J connectivity index is 1.46. The number of hydrogen-bond donors (Lipinski definition) is 3. The highest BCUT2D eigenvalue weighted by molar-refractivity contribution is 7.92. The van der Waals surface area contributed by atoms with Gasteiger partial charge in [-0.15, -0.1) is 0 Å². The van der Waals surface area contributed by atoms with Gasteiger partial charge in [-0.3, -0.25) is 0 Å². The van der Waals surface area contributed by atoms with Crippen LogP contribution in [0, 0.1) is 0 Å². The van der Waals surface area contributed by atoms with Crippen molar-refractivity contribution in [2.75, 3.05) is 11.9 Å². The number of anilines is 1. The topological polar surface area (TPSA) is 87.3 Å². The molecule has 1 aliphatic heterocycles. The molecular weight excluding hydrogens is 362 g/mol. The lowest BCUT2D eigenvalue weighted by atomic mass is 9.99. The van der Waals surface area contributed by atoms with Gasteiger partial charge in [-0.1, -0.05) is 18.6 Å². The third-order valence-corrected chi connectivity index (χ3v) is 6.77. The Kier molecular flexibility index (Phi) is 5.23. The molecule has 1 aromatic carbocycles. The highest BCUT2D eigenvalue weighted by Gasteiger charge is 2.25. The van der Waals surface area contributed by atoms with E-state index in [9.17, 15) is 13.2 Å². The first-order valence-electron chi connectivity index (χ1n) is 9.94. The summed E-state index contributed by atoms with van der Waals surface area (Å²) < 4.78 is 26.6. The second kappa shape index (κ2) is 7.64. The maximum Gasteiger partial charge on any atom is 0.333 e. The van der Waals surface area contributed by atoms with Gasteiger partial charge in [-0.05, 0) is 80.2 Å². The second-order valence-electron chi connectivity index (χ2n) is 7.72. The summed E-state index contributed by atoms with van der Waals surface area (Å²) >= 11 is 0. The minimum absolute atomic E-state index is 0.0547. The lowest BCUT2D eigenvalue weighted by Gasteiger charge is -2.20. The van der Waals surface area contributed by atoms with Gasteiger partial charge in [0.2, 0.25) is 0 Å². The molecule has 7 heteroatoms. The molecule has 1 fully saturated rings. The van der Waals surface area contributed by atoms with Gasteiger partial charge < -0.3 is 10.6 Å². The predicted molar refractivity (Wildman–Crippen MR) is 106 cm³/mol. The van der Waals surface area contributed by atoms with Crippen molar-refractivity contribution in [3.05, 3.63) is 39.8 Å². The Labute approximate surface area is 160 Å². The molecule has 4 rings (SSSR count). The zero-order chi connectivity index (χ0) is 18.9. The summed E-state index contributed by atoms with van der Waals surface area (Å²) in [5, 5.41) is 7.23. The third kappa shape index (κ3) is 4.19. The SMILES string of the molecule is O=C(Nc1c2c(cc3c1CCC3)CCC2)NS(=O)(=O)/C=C/C1CCCCN1. The van der Waals surface area contributed by atoms with Crippen LogP contribution in [0.25, 0.3) is 0 Å². The largest absolute Gasteiger partial charge is 0.333 e. The van der Waals surface area contributed by atoms with Crippen molar-refractivity contribution in [3.8, 4) is 0 Å². The number of piperidine rings is 1. The first-order chi connectivity index (χ1) is 13.0. The molecule has 1 unspecified atom stereocenters. The van der Waals surface area contributed by atoms with Crippen LogP contribution in [0.15, 0.2) is 17.6 Å². The number of aryl methyl sites for hydroxylation is 2. The van der Waals surface area contributed by atoms with Gasteiger partial charge in [-0.2, -0.15) is 0 Å². The predicted octanol–water partition coefficient (Wildman–Crippen LogP) is 2.77. The van der Waals surface area contributed by atoms with Gasteiger partial charge in [0.05, 0.1) is 0 Å². The summed E-state index contributed by atoms with van der Waals surface area (Å²) in [4.78, 5) is 12.4. The zero-order valence-electron chi connectivity index (χ0n) is 15.5. The average Bonchev–Trinajstić information content (AvgIpc) is 3.29. The van der Waals surface area contributed by atoms with Crippen LogP contribution in [0.3, 0.4) is 0 Å². The number of carbonyl (C=O) groups excluding carboxylic acids is 1. The van der Waals surface area contributed by atoms with Crippen LogP contribution in [-0.4, -0.2) is 27.0 Å². The van der Waals surface area contributed by atoms with E-state index in [2.05, 4.69) is 21.4 Å². The summed E-state index contributed by atoms with van der Waals surface area (Å²) in [6.45, 7) is 0.896. The van der Waals surface area contributed by atoms with Crippen molar-refractivity contribution in [1.29, 1.82) is 0 Å². The van der Waals surface area contributed by atoms with E-state index in [0.29, 0.717) is 0 Å². The number of sulfonamides is 1. The van der Waals surface area contributed by atoms with E-state index >= 15 is 0 Å². The highest BCUT2D eigenvalue weighted by Crippen LogP contribution is 2.38. The number of carbonyl (C=O) groups is 1. The molecule has 1 aromatic rings. The Hall–Kier alpha value is -1.86. The van der Waals surface area contributed by atoms with E-state index in [1.54, 1.807) is 6.08 Å². The van der Waals surface area contributed by atoms with E-state index in [1.807, 2.05) is 0 Å². The van der Waals surface area contributed by atoms with Crippen molar-refractivity contribution in [2.45, 2.75) is 63.8 Å². The molecule has 0 saturated carbocycles. The minimum Gasteiger partial charge on any atom is -0.310 e. The van der Waals surface area contributed by atoms with E-state index in [0.717, 1.165) is 75.4 Å². The first-order valence-corrected chi connectivity index (χ1v) is 11.5. The van der Waals surface area contributed by atoms with Crippen molar-refractivity contribution < 1.29 is 13.2 Å². The van der Waals surface area contributed by atoms with E-state index < -0.39 is 16.1 Å². The average molecular weight is 390 g/mol. The van der Waals surface area contributed by atoms with Crippen LogP contribution < -0.4 is 15.4 Å². The van der Waals surface area contributed by atoms with Crippen LogP contribution >= 0.6 is 0 Å². The summed E-state index contributed by atoms with van der Waals surface area (Å²) in [7, 11) is -3.81. The van der Waals surface area contributed by atoms with Gasteiger partial charge in [-0.25, -0.2) is 17.9 Å². The lowest BCUT2D eigenvalue weighted by Crippen LogP contribution is -2.35. The fraction of sp³-hybridized carbons (Fsp3) is 0.550. The molecule has 2 aliphatic carbocycles. The van der Waals surface area contributed by atoms with Crippen molar-refractivity contribution in [3.63, 3.8) is 0 Å². The van der Waals surface area contributed by atoms with Crippen LogP contribution in [0.2, 0.25) is 0 Å². The fourth-order valence-corrected chi connectivity index (χ4v) is 5.28. The third-order valence-electron chi connectivity index (χ3n) is 5.78. The summed E-state index contributed by atoms with van der Waals surface area (Å²) in [6.07, 6.45) is 10.9. The molecule has 27 heavy (non-hydrogen) atoms. The van der Waals surface area contributed by atoms with Gasteiger partial charge >= 0.3 is 6.03 Å². The standard InChI is InChI=1S/C20H27N3O3S/c24-20(23-27(25,26)12-10-16-7-1-2-11-21-16)22-19-17-8-3-5-14(17)13-15-6-4-9-18(15)19/h10,12-13,16,21H,1-9,11H2,(H2,22,23,24)/b12-10+. The fourth-order valence-electron chi connectivity index (χ4n) is 4.51. The maximum atomic E-state index is 12.4. The number of amides is 2. The molecule has 0 aromatic heterocycles. The van der Waals surface area contributed by atoms with E-state index in [1.165, 1.54) is 22.3 Å². The Morgan fingerprint density at radius 3 is 2.37 bits per heavy atom. The molecule has 3 N–H and O–H groups in total. The highest BCUT2D eigenvalue weighted by atomic mass is 32.2. The van der Waals surface area contributed by atoms with Crippen molar-refractivity contribution in [1.82, 2.24) is 10.0 Å². The number of benzene rings is 1. The normalized spacial score (nSPS) is 21.9. The Bertz CT molecular complexity index is 839. The van der Waals surface area contributed by atoms with Crippen LogP contribution in [0.5, 0.6) is 0 Å². The zero-order valence-corrected chi connectivity index (χ0v) is 16.3. The van der Waals surface area contributed by atoms with Gasteiger partial charge in [0.15, 0.2) is 0 Å². The maximum absolute atomic E-state index is 12.4. The van der Waals surface area contributed by atoms with Gasteiger partial charge in [0.1, 0.15) is 0 Å².